The number of amides is 1. The van der Waals surface area contributed by atoms with Crippen molar-refractivity contribution in [3.63, 3.8) is 0 Å². The number of hydrogen-bond acceptors (Lipinski definition) is 9. The summed E-state index contributed by atoms with van der Waals surface area (Å²) in [5, 5.41) is 35.0. The number of carbonyl (C=O) groups is 1. The van der Waals surface area contributed by atoms with Crippen molar-refractivity contribution < 1.29 is 19.7 Å². The molecule has 0 spiro atoms. The number of ether oxygens (including phenoxy) is 1. The molecule has 0 unspecified atom stereocenters. The van der Waals surface area contributed by atoms with Crippen molar-refractivity contribution >= 4 is 5.91 Å². The van der Waals surface area contributed by atoms with Crippen molar-refractivity contribution in [1.29, 1.82) is 0 Å². The van der Waals surface area contributed by atoms with E-state index in [4.69, 9.17) is 4.74 Å². The van der Waals surface area contributed by atoms with E-state index >= 15 is 0 Å². The normalized spacial score (nSPS) is 20.2. The first-order valence-corrected chi connectivity index (χ1v) is 11.3. The first-order valence-electron chi connectivity index (χ1n) is 11.3. The second-order valence-corrected chi connectivity index (χ2v) is 8.71. The lowest BCUT2D eigenvalue weighted by Gasteiger charge is -2.34. The summed E-state index contributed by atoms with van der Waals surface area (Å²) in [6, 6.07) is 9.02. The van der Waals surface area contributed by atoms with Gasteiger partial charge >= 0.3 is 0 Å². The number of tetrazole rings is 1. The van der Waals surface area contributed by atoms with Gasteiger partial charge in [-0.05, 0) is 67.5 Å². The minimum Gasteiger partial charge on any atom is -0.497 e. The maximum absolute atomic E-state index is 12.7. The van der Waals surface area contributed by atoms with E-state index in [0.29, 0.717) is 49.2 Å². The molecule has 3 N–H and O–H groups in total. The number of carbonyl (C=O) groups excluding carboxylic acids is 1. The number of nitrogens with one attached hydrogen (secondary N) is 1. The molecule has 11 heteroatoms. The van der Waals surface area contributed by atoms with Gasteiger partial charge in [0.25, 0.3) is 5.91 Å². The highest BCUT2D eigenvalue weighted by Gasteiger charge is 2.32. The monoisotopic (exact) mass is 467 g/mol. The van der Waals surface area contributed by atoms with Gasteiger partial charge in [0.1, 0.15) is 23.0 Å². The Morgan fingerprint density at radius 1 is 1.26 bits per heavy atom. The van der Waals surface area contributed by atoms with E-state index in [9.17, 15) is 15.0 Å². The molecule has 1 aliphatic carbocycles. The van der Waals surface area contributed by atoms with Gasteiger partial charge in [0, 0.05) is 6.54 Å². The zero-order valence-corrected chi connectivity index (χ0v) is 19.3. The number of aryl methyl sites for hydroxylation is 1. The number of methoxy groups -OCH3 is 1. The fourth-order valence-corrected chi connectivity index (χ4v) is 4.06. The summed E-state index contributed by atoms with van der Waals surface area (Å²) in [5.41, 5.74) is 0.573. The van der Waals surface area contributed by atoms with Crippen molar-refractivity contribution in [2.45, 2.75) is 51.3 Å². The Labute approximate surface area is 197 Å². The summed E-state index contributed by atoms with van der Waals surface area (Å²) in [6.45, 7) is 2.38. The lowest BCUT2D eigenvalue weighted by molar-refractivity contribution is -0.0535. The molecule has 1 amide bonds. The highest BCUT2D eigenvalue weighted by atomic mass is 16.5. The molecule has 2 heterocycles. The fourth-order valence-electron chi connectivity index (χ4n) is 4.06. The van der Waals surface area contributed by atoms with E-state index in [1.165, 1.54) is 4.80 Å². The highest BCUT2D eigenvalue weighted by molar-refractivity contribution is 5.93. The van der Waals surface area contributed by atoms with Crippen molar-refractivity contribution in [3.8, 4) is 17.3 Å². The molecule has 0 aliphatic heterocycles. The van der Waals surface area contributed by atoms with Crippen molar-refractivity contribution in [2.24, 2.45) is 5.92 Å². The third kappa shape index (κ3) is 5.72. The predicted molar refractivity (Wildman–Crippen MR) is 122 cm³/mol. The van der Waals surface area contributed by atoms with Gasteiger partial charge in [0.15, 0.2) is 0 Å². The van der Waals surface area contributed by atoms with Crippen LogP contribution in [0.3, 0.4) is 0 Å². The fraction of sp³-hybridized carbons (Fsp3) is 0.478. The Balaban J connectivity index is 1.41. The van der Waals surface area contributed by atoms with Gasteiger partial charge in [-0.2, -0.15) is 4.80 Å². The topological polar surface area (TPSA) is 148 Å². The molecule has 0 atom stereocenters. The Bertz CT molecular complexity index is 1140. The van der Waals surface area contributed by atoms with Crippen LogP contribution in [-0.2, 0) is 13.1 Å². The van der Waals surface area contributed by atoms with Crippen LogP contribution in [0.4, 0.5) is 0 Å². The molecular weight excluding hydrogens is 438 g/mol. The largest absolute Gasteiger partial charge is 0.497 e. The minimum absolute atomic E-state index is 0.214. The van der Waals surface area contributed by atoms with Gasteiger partial charge in [-0.1, -0.05) is 12.1 Å². The van der Waals surface area contributed by atoms with E-state index < -0.39 is 5.60 Å². The average molecular weight is 468 g/mol. The Hall–Kier alpha value is -3.44. The van der Waals surface area contributed by atoms with Gasteiger partial charge in [-0.25, -0.2) is 9.97 Å². The second kappa shape index (κ2) is 10.2. The van der Waals surface area contributed by atoms with E-state index in [1.807, 2.05) is 24.3 Å². The van der Waals surface area contributed by atoms with Crippen LogP contribution in [0.25, 0.3) is 11.5 Å². The first-order chi connectivity index (χ1) is 16.4. The first kappa shape index (κ1) is 23.7. The van der Waals surface area contributed by atoms with Crippen LogP contribution in [0.5, 0.6) is 5.75 Å². The number of aliphatic hydroxyl groups is 2. The number of hydrogen-bond donors (Lipinski definition) is 3. The summed E-state index contributed by atoms with van der Waals surface area (Å²) in [7, 11) is 1.60. The molecule has 1 fully saturated rings. The van der Waals surface area contributed by atoms with E-state index in [1.54, 1.807) is 20.1 Å². The summed E-state index contributed by atoms with van der Waals surface area (Å²) in [4.78, 5) is 22.9. The van der Waals surface area contributed by atoms with Crippen LogP contribution in [-0.4, -0.2) is 65.6 Å². The van der Waals surface area contributed by atoms with E-state index in [0.717, 1.165) is 24.2 Å². The standard InChI is InChI=1S/C23H29N7O4/c1-15-25-19(11-20(26-15)22(32)24-12-17-4-3-5-18(10-17)34-2)21-27-29-30(28-21)13-16-6-8-23(33,14-31)9-7-16/h3-5,10-11,16,31,33H,6-9,12-14H2,1-2H3,(H,24,32). The number of rotatable bonds is 8. The average Bonchev–Trinajstić information content (AvgIpc) is 3.32. The number of benzene rings is 1. The molecule has 0 bridgehead atoms. The van der Waals surface area contributed by atoms with Crippen LogP contribution in [0, 0.1) is 12.8 Å². The number of aromatic nitrogens is 6. The summed E-state index contributed by atoms with van der Waals surface area (Å²) >= 11 is 0. The summed E-state index contributed by atoms with van der Waals surface area (Å²) in [5.74, 6) is 1.42. The minimum atomic E-state index is -0.973. The zero-order chi connectivity index (χ0) is 24.1. The number of nitrogens with zero attached hydrogens (tertiary/aromatic N) is 6. The lowest BCUT2D eigenvalue weighted by atomic mass is 9.79. The third-order valence-corrected chi connectivity index (χ3v) is 6.09. The van der Waals surface area contributed by atoms with Gasteiger partial charge in [0.05, 0.1) is 25.9 Å². The molecular formula is C23H29N7O4. The van der Waals surface area contributed by atoms with Crippen molar-refractivity contribution in [2.75, 3.05) is 13.7 Å². The molecule has 1 aromatic carbocycles. The quantitative estimate of drug-likeness (QED) is 0.445. The molecule has 4 rings (SSSR count). The molecule has 1 saturated carbocycles. The number of aliphatic hydroxyl groups excluding tert-OH is 1. The highest BCUT2D eigenvalue weighted by Crippen LogP contribution is 2.32. The molecule has 34 heavy (non-hydrogen) atoms. The van der Waals surface area contributed by atoms with Gasteiger partial charge in [-0.3, -0.25) is 4.79 Å². The molecule has 0 radical (unpaired) electrons. The maximum atomic E-state index is 12.7. The van der Waals surface area contributed by atoms with Crippen LogP contribution in [0.2, 0.25) is 0 Å². The smallest absolute Gasteiger partial charge is 0.270 e. The van der Waals surface area contributed by atoms with E-state index in [-0.39, 0.29) is 18.2 Å². The van der Waals surface area contributed by atoms with Crippen molar-refractivity contribution in [1.82, 2.24) is 35.5 Å². The Kier molecular flexibility index (Phi) is 7.13. The van der Waals surface area contributed by atoms with Gasteiger partial charge < -0.3 is 20.3 Å². The summed E-state index contributed by atoms with van der Waals surface area (Å²) < 4.78 is 5.21. The van der Waals surface area contributed by atoms with Crippen LogP contribution >= 0.6 is 0 Å². The molecule has 0 saturated heterocycles. The molecule has 180 valence electrons. The van der Waals surface area contributed by atoms with Crippen molar-refractivity contribution in [3.05, 3.63) is 47.4 Å². The van der Waals surface area contributed by atoms with Gasteiger partial charge in [-0.15, -0.1) is 10.2 Å². The summed E-state index contributed by atoms with van der Waals surface area (Å²) in [6.07, 6.45) is 2.65. The van der Waals surface area contributed by atoms with Gasteiger partial charge in [0.2, 0.25) is 5.82 Å². The van der Waals surface area contributed by atoms with Crippen LogP contribution in [0.15, 0.2) is 30.3 Å². The maximum Gasteiger partial charge on any atom is 0.270 e. The third-order valence-electron chi connectivity index (χ3n) is 6.09. The predicted octanol–water partition coefficient (Wildman–Crippen LogP) is 1.29. The van der Waals surface area contributed by atoms with Crippen LogP contribution in [0.1, 0.15) is 47.6 Å². The Morgan fingerprint density at radius 2 is 2.06 bits per heavy atom. The van der Waals surface area contributed by atoms with E-state index in [2.05, 4.69) is 30.7 Å². The van der Waals surface area contributed by atoms with Crippen LogP contribution < -0.4 is 10.1 Å². The molecule has 2 aromatic heterocycles. The lowest BCUT2D eigenvalue weighted by Crippen LogP contribution is -2.38. The molecule has 3 aromatic rings. The molecule has 1 aliphatic rings. The Morgan fingerprint density at radius 3 is 2.79 bits per heavy atom. The SMILES string of the molecule is COc1cccc(CNC(=O)c2cc(-c3nnn(CC4CCC(O)(CO)CC4)n3)nc(C)n2)c1. The molecule has 11 nitrogen and oxygen atoms in total. The zero-order valence-electron chi connectivity index (χ0n) is 19.3. The second-order valence-electron chi connectivity index (χ2n) is 8.71.